The third kappa shape index (κ3) is 3.16. The van der Waals surface area contributed by atoms with E-state index in [2.05, 4.69) is 4.98 Å². The van der Waals surface area contributed by atoms with Crippen LogP contribution in [0.2, 0.25) is 0 Å². The van der Waals surface area contributed by atoms with Gasteiger partial charge < -0.3 is 9.29 Å². The third-order valence-corrected chi connectivity index (χ3v) is 4.92. The van der Waals surface area contributed by atoms with Gasteiger partial charge in [-0.25, -0.2) is 9.00 Å². The quantitative estimate of drug-likeness (QED) is 0.566. The summed E-state index contributed by atoms with van der Waals surface area (Å²) < 4.78 is 25.2. The zero-order valence-electron chi connectivity index (χ0n) is 13.7. The normalized spacial score (nSPS) is 15.3. The zero-order valence-corrected chi connectivity index (χ0v) is 14.5. The molecule has 0 aliphatic carbocycles. The lowest BCUT2D eigenvalue weighted by Crippen LogP contribution is -1.98. The SMILES string of the molecule is O=C1OCC(c2ccc(CS(=O)O)cc2)=C1c1ccc2cccnc2c1. The Hall–Kier alpha value is -2.83. The van der Waals surface area contributed by atoms with E-state index < -0.39 is 11.1 Å². The molecule has 1 aromatic heterocycles. The van der Waals surface area contributed by atoms with E-state index in [-0.39, 0.29) is 18.3 Å². The number of hydrogen-bond donors (Lipinski definition) is 1. The van der Waals surface area contributed by atoms with Crippen LogP contribution < -0.4 is 0 Å². The summed E-state index contributed by atoms with van der Waals surface area (Å²) in [6, 6.07) is 16.8. The summed E-state index contributed by atoms with van der Waals surface area (Å²) in [5.41, 5.74) is 4.56. The molecule has 2 heterocycles. The molecule has 5 nitrogen and oxygen atoms in total. The van der Waals surface area contributed by atoms with Crippen LogP contribution in [0.25, 0.3) is 22.0 Å². The van der Waals surface area contributed by atoms with E-state index in [1.54, 1.807) is 18.3 Å². The van der Waals surface area contributed by atoms with Crippen LogP contribution in [0.15, 0.2) is 60.8 Å². The molecular weight excluding hydrogens is 350 g/mol. The van der Waals surface area contributed by atoms with Crippen molar-refractivity contribution in [1.82, 2.24) is 4.98 Å². The first-order valence-electron chi connectivity index (χ1n) is 8.04. The second-order valence-corrected chi connectivity index (χ2v) is 6.93. The van der Waals surface area contributed by atoms with Crippen LogP contribution in [0, 0.1) is 0 Å². The average Bonchev–Trinajstić information content (AvgIpc) is 3.03. The maximum Gasteiger partial charge on any atom is 0.339 e. The molecule has 0 radical (unpaired) electrons. The molecule has 0 bridgehead atoms. The minimum Gasteiger partial charge on any atom is -0.457 e. The number of pyridine rings is 1. The molecule has 4 rings (SSSR count). The van der Waals surface area contributed by atoms with Gasteiger partial charge in [0.05, 0.1) is 16.8 Å². The standard InChI is InChI=1S/C20H15NO4S/c22-20-19(16-8-7-15-2-1-9-21-18(15)10-16)17(11-25-20)14-5-3-13(4-6-14)12-26(23)24/h1-10H,11-12H2,(H,23,24). The first-order chi connectivity index (χ1) is 12.6. The predicted molar refractivity (Wildman–Crippen MR) is 100 cm³/mol. The number of cyclic esters (lactones) is 1. The van der Waals surface area contributed by atoms with Gasteiger partial charge in [0.15, 0.2) is 11.1 Å². The molecular formula is C20H15NO4S. The van der Waals surface area contributed by atoms with Crippen molar-refractivity contribution in [3.05, 3.63) is 77.5 Å². The van der Waals surface area contributed by atoms with Crippen LogP contribution >= 0.6 is 0 Å². The third-order valence-electron chi connectivity index (χ3n) is 4.34. The Bertz CT molecular complexity index is 1060. The van der Waals surface area contributed by atoms with Crippen LogP contribution in [0.4, 0.5) is 0 Å². The summed E-state index contributed by atoms with van der Waals surface area (Å²) in [4.78, 5) is 16.7. The Morgan fingerprint density at radius 1 is 1.08 bits per heavy atom. The highest BCUT2D eigenvalue weighted by Crippen LogP contribution is 2.34. The van der Waals surface area contributed by atoms with Gasteiger partial charge in [0.1, 0.15) is 6.61 Å². The summed E-state index contributed by atoms with van der Waals surface area (Å²) in [7, 11) is 0. The van der Waals surface area contributed by atoms with Crippen molar-refractivity contribution in [3.8, 4) is 0 Å². The minimum absolute atomic E-state index is 0.0813. The molecule has 6 heteroatoms. The van der Waals surface area contributed by atoms with Crippen molar-refractivity contribution in [2.24, 2.45) is 0 Å². The van der Waals surface area contributed by atoms with Crippen LogP contribution in [-0.2, 0) is 26.4 Å². The fourth-order valence-electron chi connectivity index (χ4n) is 3.09. The molecule has 1 N–H and O–H groups in total. The summed E-state index contributed by atoms with van der Waals surface area (Å²) in [5, 5.41) is 1.01. The summed E-state index contributed by atoms with van der Waals surface area (Å²) >= 11 is -1.88. The van der Waals surface area contributed by atoms with Crippen molar-refractivity contribution in [3.63, 3.8) is 0 Å². The maximum atomic E-state index is 12.3. The largest absolute Gasteiger partial charge is 0.457 e. The molecule has 3 aromatic rings. The Morgan fingerprint density at radius 3 is 2.62 bits per heavy atom. The van der Waals surface area contributed by atoms with Crippen LogP contribution in [0.5, 0.6) is 0 Å². The van der Waals surface area contributed by atoms with Gasteiger partial charge in [0.25, 0.3) is 0 Å². The lowest BCUT2D eigenvalue weighted by Gasteiger charge is -2.07. The number of carbonyl (C=O) groups excluding carboxylic acids is 1. The van der Waals surface area contributed by atoms with Gasteiger partial charge in [-0.05, 0) is 28.8 Å². The Balaban J connectivity index is 1.78. The van der Waals surface area contributed by atoms with Crippen molar-refractivity contribution in [1.29, 1.82) is 0 Å². The van der Waals surface area contributed by atoms with Gasteiger partial charge in [-0.1, -0.05) is 42.5 Å². The van der Waals surface area contributed by atoms with Gasteiger partial charge >= 0.3 is 5.97 Å². The van der Waals surface area contributed by atoms with Gasteiger partial charge in [0, 0.05) is 17.2 Å². The second kappa shape index (κ2) is 6.82. The number of esters is 1. The number of benzene rings is 2. The maximum absolute atomic E-state index is 12.3. The van der Waals surface area contributed by atoms with Crippen LogP contribution in [0.3, 0.4) is 0 Å². The molecule has 1 atom stereocenters. The van der Waals surface area contributed by atoms with Gasteiger partial charge in [-0.2, -0.15) is 0 Å². The molecule has 26 heavy (non-hydrogen) atoms. The van der Waals surface area contributed by atoms with E-state index in [4.69, 9.17) is 9.29 Å². The van der Waals surface area contributed by atoms with Crippen LogP contribution in [-0.4, -0.2) is 26.3 Å². The smallest absolute Gasteiger partial charge is 0.339 e. The van der Waals surface area contributed by atoms with E-state index in [0.29, 0.717) is 5.57 Å². The van der Waals surface area contributed by atoms with E-state index in [1.807, 2.05) is 42.5 Å². The molecule has 1 aliphatic rings. The molecule has 0 saturated heterocycles. The topological polar surface area (TPSA) is 76.5 Å². The molecule has 0 saturated carbocycles. The van der Waals surface area contributed by atoms with E-state index >= 15 is 0 Å². The summed E-state index contributed by atoms with van der Waals surface area (Å²) in [6.07, 6.45) is 1.72. The molecule has 130 valence electrons. The summed E-state index contributed by atoms with van der Waals surface area (Å²) in [5.74, 6) is -0.270. The Morgan fingerprint density at radius 2 is 1.85 bits per heavy atom. The van der Waals surface area contributed by atoms with Crippen molar-refractivity contribution in [2.75, 3.05) is 6.61 Å². The van der Waals surface area contributed by atoms with Crippen LogP contribution in [0.1, 0.15) is 16.7 Å². The fourth-order valence-corrected chi connectivity index (χ4v) is 3.57. The molecule has 1 aliphatic heterocycles. The molecule has 0 spiro atoms. The highest BCUT2D eigenvalue weighted by Gasteiger charge is 2.27. The Labute approximate surface area is 152 Å². The van der Waals surface area contributed by atoms with E-state index in [9.17, 15) is 9.00 Å². The number of rotatable bonds is 4. The van der Waals surface area contributed by atoms with Crippen molar-refractivity contribution >= 4 is 39.1 Å². The molecule has 2 aromatic carbocycles. The fraction of sp³-hybridized carbons (Fsp3) is 0.100. The van der Waals surface area contributed by atoms with Gasteiger partial charge in [-0.3, -0.25) is 4.98 Å². The Kier molecular flexibility index (Phi) is 4.36. The number of ether oxygens (including phenoxy) is 1. The second-order valence-electron chi connectivity index (χ2n) is 6.00. The molecule has 1 unspecified atom stereocenters. The van der Waals surface area contributed by atoms with Crippen molar-refractivity contribution in [2.45, 2.75) is 5.75 Å². The van der Waals surface area contributed by atoms with E-state index in [1.165, 1.54) is 0 Å². The lowest BCUT2D eigenvalue weighted by atomic mass is 9.95. The number of nitrogens with zero attached hydrogens (tertiary/aromatic N) is 1. The lowest BCUT2D eigenvalue weighted by molar-refractivity contribution is -0.133. The number of carbonyl (C=O) groups is 1. The van der Waals surface area contributed by atoms with E-state index in [0.717, 1.165) is 33.2 Å². The van der Waals surface area contributed by atoms with Crippen molar-refractivity contribution < 1.29 is 18.3 Å². The number of aromatic nitrogens is 1. The first-order valence-corrected chi connectivity index (χ1v) is 9.31. The monoisotopic (exact) mass is 365 g/mol. The number of hydrogen-bond acceptors (Lipinski definition) is 4. The highest BCUT2D eigenvalue weighted by molar-refractivity contribution is 7.78. The molecule has 0 amide bonds. The predicted octanol–water partition coefficient (Wildman–Crippen LogP) is 3.42. The minimum atomic E-state index is -1.88. The van der Waals surface area contributed by atoms with Gasteiger partial charge in [-0.15, -0.1) is 0 Å². The summed E-state index contributed by atoms with van der Waals surface area (Å²) in [6.45, 7) is 0.208. The first kappa shape index (κ1) is 16.6. The zero-order chi connectivity index (χ0) is 18.1. The highest BCUT2D eigenvalue weighted by atomic mass is 32.2. The average molecular weight is 365 g/mol. The number of fused-ring (bicyclic) bond motifs is 1. The van der Waals surface area contributed by atoms with Gasteiger partial charge in [0.2, 0.25) is 0 Å². The molecule has 0 fully saturated rings.